The van der Waals surface area contributed by atoms with Gasteiger partial charge in [0.2, 0.25) is 0 Å². The third kappa shape index (κ3) is 1770. The van der Waals surface area contributed by atoms with E-state index in [1.165, 1.54) is 0 Å². The Morgan fingerprint density at radius 2 is 0.500 bits per heavy atom. The third-order valence-corrected chi connectivity index (χ3v) is 0. The molecule has 18 heavy (non-hydrogen) atoms. The van der Waals surface area contributed by atoms with Gasteiger partial charge in [-0.15, -0.1) is 0 Å². The molecule has 0 aliphatic carbocycles. The Morgan fingerprint density at radius 1 is 0.500 bits per heavy atom. The van der Waals surface area contributed by atoms with E-state index < -0.39 is 27.1 Å². The molecule has 104 valence electrons. The van der Waals surface area contributed by atoms with Crippen LogP contribution in [-0.4, -0.2) is 121 Å². The third-order valence-electron chi connectivity index (χ3n) is 0. The van der Waals surface area contributed by atoms with Crippen LogP contribution in [0.5, 0.6) is 0 Å². The Bertz CT molecular complexity index is 95.3. The fraction of sp³-hybridized carbons (Fsp3) is 0. The van der Waals surface area contributed by atoms with Gasteiger partial charge in [0.25, 0.3) is 0 Å². The summed E-state index contributed by atoms with van der Waals surface area (Å²) >= 11 is 0. The molecule has 0 heterocycles. The standard InChI is InChI=1S/2Mg.2H4O4Si.H2O4Si.O/c;;3*1-5(2,3)4;/h;;2*1-4H;1-2H;/q2*+2;;;2*-2. The molecule has 18 heteroatoms. The molecule has 13 nitrogen and oxygen atoms in total. The molecule has 0 unspecified atom stereocenters. The fourth-order valence-corrected chi connectivity index (χ4v) is 0. The minimum Gasteiger partial charge on any atom is -2.00 e. The summed E-state index contributed by atoms with van der Waals surface area (Å²) in [6.07, 6.45) is 0. The average Bonchev–Trinajstić information content (AvgIpc) is 1.41. The maximum Gasteiger partial charge on any atom is 2.00 e. The van der Waals surface area contributed by atoms with Crippen LogP contribution >= 0.6 is 0 Å². The molecule has 0 amide bonds. The SMILES string of the molecule is O[Si](O)(O)O.O[Si](O)(O)O.[Mg+2].[Mg+2].[O-2].[O-][Si]([O-])(O)O. The molecule has 0 rings (SSSR count). The van der Waals surface area contributed by atoms with Crippen molar-refractivity contribution in [3.05, 3.63) is 0 Å². The molecule has 0 bridgehead atoms. The predicted molar refractivity (Wildman–Crippen MR) is 51.6 cm³/mol. The molecule has 0 spiro atoms. The zero-order valence-corrected chi connectivity index (χ0v) is 14.4. The molecular weight excluding hydrogens is 341 g/mol. The van der Waals surface area contributed by atoms with Crippen molar-refractivity contribution in [2.24, 2.45) is 0 Å². The molecular formula is H10Mg2O13Si3. The maximum absolute atomic E-state index is 8.80. The van der Waals surface area contributed by atoms with Gasteiger partial charge >= 0.3 is 64.2 Å². The van der Waals surface area contributed by atoms with Crippen LogP contribution in [0.2, 0.25) is 0 Å². The molecule has 0 radical (unpaired) electrons. The second kappa shape index (κ2) is 15.1. The first-order chi connectivity index (χ1) is 6.00. The van der Waals surface area contributed by atoms with E-state index in [0.717, 1.165) is 0 Å². The van der Waals surface area contributed by atoms with Gasteiger partial charge in [-0.2, -0.15) is 0 Å². The zero-order valence-electron chi connectivity index (χ0n) is 8.61. The monoisotopic (exact) mass is 350 g/mol. The first kappa shape index (κ1) is 36.7. The van der Waals surface area contributed by atoms with Gasteiger partial charge in [-0.25, -0.2) is 0 Å². The smallest absolute Gasteiger partial charge is 2.00 e. The topological polar surface area (TPSA) is 277 Å². The molecule has 0 saturated heterocycles. The van der Waals surface area contributed by atoms with E-state index in [4.69, 9.17) is 57.5 Å². The van der Waals surface area contributed by atoms with Crippen molar-refractivity contribution in [3.63, 3.8) is 0 Å². The summed E-state index contributed by atoms with van der Waals surface area (Å²) in [5, 5.41) is 0. The van der Waals surface area contributed by atoms with E-state index in [1.54, 1.807) is 0 Å². The van der Waals surface area contributed by atoms with Crippen LogP contribution in [0.3, 0.4) is 0 Å². The van der Waals surface area contributed by atoms with Crippen molar-refractivity contribution >= 4 is 73.2 Å². The van der Waals surface area contributed by atoms with E-state index in [-0.39, 0.29) is 51.6 Å². The van der Waals surface area contributed by atoms with Gasteiger partial charge in [0, 0.05) is 0 Å². The summed E-state index contributed by atoms with van der Waals surface area (Å²) in [7, 11) is -14.3. The van der Waals surface area contributed by atoms with Gasteiger partial charge in [0.15, 0.2) is 0 Å². The van der Waals surface area contributed by atoms with Gasteiger partial charge < -0.3 is 63.0 Å². The van der Waals surface area contributed by atoms with Crippen molar-refractivity contribution in [3.8, 4) is 0 Å². The molecule has 0 aromatic heterocycles. The van der Waals surface area contributed by atoms with Crippen molar-refractivity contribution in [1.82, 2.24) is 0 Å². The van der Waals surface area contributed by atoms with Crippen LogP contribution in [0, 0.1) is 0 Å². The molecule has 0 aliphatic heterocycles. The quantitative estimate of drug-likeness (QED) is 0.182. The summed E-state index contributed by atoms with van der Waals surface area (Å²) in [5.74, 6) is 0. The first-order valence-electron chi connectivity index (χ1n) is 2.64. The Kier molecular flexibility index (Phi) is 30.7. The Hall–Kier alpha value is 1.66. The summed E-state index contributed by atoms with van der Waals surface area (Å²) in [5.41, 5.74) is 0. The van der Waals surface area contributed by atoms with Crippen molar-refractivity contribution in [2.45, 2.75) is 0 Å². The van der Waals surface area contributed by atoms with E-state index in [2.05, 4.69) is 0 Å². The molecule has 0 saturated carbocycles. The Morgan fingerprint density at radius 3 is 0.500 bits per heavy atom. The van der Waals surface area contributed by atoms with Gasteiger partial charge in [0.05, 0.1) is 0 Å². The van der Waals surface area contributed by atoms with Crippen molar-refractivity contribution in [1.29, 1.82) is 0 Å². The summed E-state index contributed by atoms with van der Waals surface area (Å²) in [4.78, 5) is 90.4. The molecule has 0 aromatic rings. The van der Waals surface area contributed by atoms with E-state index in [0.29, 0.717) is 0 Å². The average molecular weight is 351 g/mol. The number of hydrogen-bond donors (Lipinski definition) is 10. The van der Waals surface area contributed by atoms with Crippen LogP contribution in [-0.2, 0) is 5.48 Å². The van der Waals surface area contributed by atoms with E-state index >= 15 is 0 Å². The van der Waals surface area contributed by atoms with Crippen LogP contribution in [0.25, 0.3) is 0 Å². The summed E-state index contributed by atoms with van der Waals surface area (Å²) in [6.45, 7) is 0. The zero-order chi connectivity index (χ0) is 13.5. The Labute approximate surface area is 136 Å². The van der Waals surface area contributed by atoms with Gasteiger partial charge in [-0.05, 0) is 0 Å². The Balaban J connectivity index is -0.0000000277. The van der Waals surface area contributed by atoms with Crippen molar-refractivity contribution in [2.75, 3.05) is 0 Å². The normalized spacial score (nSPS) is 10.0. The van der Waals surface area contributed by atoms with Crippen LogP contribution in [0.4, 0.5) is 0 Å². The van der Waals surface area contributed by atoms with Gasteiger partial charge in [-0.3, -0.25) is 0 Å². The molecule has 0 aliphatic rings. The first-order valence-corrected chi connectivity index (χ1v) is 7.93. The molecule has 10 N–H and O–H groups in total. The molecule has 0 atom stereocenters. The van der Waals surface area contributed by atoms with Crippen molar-refractivity contribution < 1.29 is 63.0 Å². The predicted octanol–water partition coefficient (Wildman–Crippen LogP) is -9.97. The van der Waals surface area contributed by atoms with Gasteiger partial charge in [0.1, 0.15) is 9.05 Å². The van der Waals surface area contributed by atoms with Crippen LogP contribution in [0.1, 0.15) is 0 Å². The number of rotatable bonds is 0. The maximum atomic E-state index is 8.80. The summed E-state index contributed by atoms with van der Waals surface area (Å²) < 4.78 is 0. The second-order valence-corrected chi connectivity index (χ2v) is 5.25. The van der Waals surface area contributed by atoms with Crippen LogP contribution < -0.4 is 9.59 Å². The molecule has 0 aromatic carbocycles. The molecule has 0 fully saturated rings. The number of hydrogen-bond acceptors (Lipinski definition) is 12. The second-order valence-electron chi connectivity index (χ2n) is 1.75. The van der Waals surface area contributed by atoms with Crippen LogP contribution in [0.15, 0.2) is 0 Å². The minimum atomic E-state index is -5.11. The fourth-order valence-electron chi connectivity index (χ4n) is 0. The van der Waals surface area contributed by atoms with E-state index in [9.17, 15) is 0 Å². The van der Waals surface area contributed by atoms with Gasteiger partial charge in [-0.1, -0.05) is 0 Å². The van der Waals surface area contributed by atoms with E-state index in [1.807, 2.05) is 0 Å². The largest absolute Gasteiger partial charge is 2.00 e. The minimum absolute atomic E-state index is 0. The summed E-state index contributed by atoms with van der Waals surface area (Å²) in [6, 6.07) is 0.